The molecule has 0 amide bonds. The van der Waals surface area contributed by atoms with Gasteiger partial charge in [-0.15, -0.1) is 0 Å². The molecule has 0 radical (unpaired) electrons. The largest absolute Gasteiger partial charge is 0.421 e. The normalized spacial score (nSPS) is 14.3. The van der Waals surface area contributed by atoms with E-state index >= 15 is 0 Å². The van der Waals surface area contributed by atoms with E-state index in [0.29, 0.717) is 0 Å². The van der Waals surface area contributed by atoms with Crippen molar-refractivity contribution >= 4 is 34.6 Å². The molecule has 2 aromatic carbocycles. The average molecular weight is 541 g/mol. The fourth-order valence-corrected chi connectivity index (χ4v) is 5.30. The first-order valence-corrected chi connectivity index (χ1v) is 13.7. The van der Waals surface area contributed by atoms with E-state index in [0.717, 1.165) is 60.6 Å². The molecule has 1 saturated heterocycles. The molecule has 0 bridgehead atoms. The first-order valence-electron chi connectivity index (χ1n) is 13.7. The van der Waals surface area contributed by atoms with Crippen LogP contribution < -0.4 is 18.9 Å². The van der Waals surface area contributed by atoms with Gasteiger partial charge in [-0.2, -0.15) is 0 Å². The van der Waals surface area contributed by atoms with Gasteiger partial charge < -0.3 is 9.80 Å². The Kier molecular flexibility index (Phi) is 7.51. The monoisotopic (exact) mass is 540 g/mol. The van der Waals surface area contributed by atoms with Crippen LogP contribution in [0.3, 0.4) is 0 Å². The molecule has 1 aliphatic rings. The van der Waals surface area contributed by atoms with Gasteiger partial charge in [0.25, 0.3) is 0 Å². The number of hydrogen-bond acceptors (Lipinski definition) is 6. The summed E-state index contributed by atoms with van der Waals surface area (Å²) in [5, 5.41) is 18.1. The third-order valence-corrected chi connectivity index (χ3v) is 7.77. The van der Waals surface area contributed by atoms with Gasteiger partial charge >= 0.3 is 11.9 Å². The molecule has 40 heavy (non-hydrogen) atoms. The molecule has 4 aromatic rings. The quantitative estimate of drug-likeness (QED) is 0.243. The number of anilines is 2. The van der Waals surface area contributed by atoms with Crippen LogP contribution in [0.4, 0.5) is 34.6 Å². The van der Waals surface area contributed by atoms with Gasteiger partial charge in [0.2, 0.25) is 0 Å². The molecule has 1 fully saturated rings. The highest BCUT2D eigenvalue weighted by atomic mass is 15.3. The lowest BCUT2D eigenvalue weighted by Gasteiger charge is -2.39. The minimum Gasteiger partial charge on any atom is -0.368 e. The van der Waals surface area contributed by atoms with Crippen molar-refractivity contribution in [2.75, 3.05) is 36.0 Å². The van der Waals surface area contributed by atoms with Crippen molar-refractivity contribution in [2.24, 2.45) is 48.6 Å². The molecule has 3 heterocycles. The third-order valence-electron chi connectivity index (χ3n) is 7.77. The Morgan fingerprint density at radius 3 is 1.25 bits per heavy atom. The van der Waals surface area contributed by atoms with Gasteiger partial charge in [-0.05, 0) is 74.2 Å². The van der Waals surface area contributed by atoms with Crippen molar-refractivity contribution in [1.82, 2.24) is 9.13 Å². The number of nitrogens with zero attached hydrogens (tertiary/aromatic N) is 10. The highest BCUT2D eigenvalue weighted by molar-refractivity contribution is 5.66. The van der Waals surface area contributed by atoms with Gasteiger partial charge in [-0.1, -0.05) is 10.2 Å². The second-order valence-corrected chi connectivity index (χ2v) is 10.9. The Bertz CT molecular complexity index is 1440. The molecule has 0 saturated carbocycles. The number of rotatable bonds is 6. The zero-order valence-electron chi connectivity index (χ0n) is 24.9. The van der Waals surface area contributed by atoms with E-state index < -0.39 is 0 Å². The van der Waals surface area contributed by atoms with Crippen molar-refractivity contribution in [2.45, 2.75) is 27.7 Å². The van der Waals surface area contributed by atoms with Crippen molar-refractivity contribution < 1.29 is 9.13 Å². The van der Waals surface area contributed by atoms with Gasteiger partial charge in [-0.3, -0.25) is 0 Å². The number of imidazole rings is 2. The van der Waals surface area contributed by atoms with Gasteiger partial charge in [0.1, 0.15) is 11.4 Å². The summed E-state index contributed by atoms with van der Waals surface area (Å²) >= 11 is 0. The van der Waals surface area contributed by atoms with Crippen LogP contribution in [0, 0.1) is 27.7 Å². The van der Waals surface area contributed by atoms with E-state index in [2.05, 4.69) is 82.2 Å². The van der Waals surface area contributed by atoms with E-state index in [-0.39, 0.29) is 0 Å². The van der Waals surface area contributed by atoms with Crippen LogP contribution in [0.25, 0.3) is 0 Å². The van der Waals surface area contributed by atoms with Gasteiger partial charge in [-0.25, -0.2) is 18.3 Å². The molecular formula is C30H40N10+2. The van der Waals surface area contributed by atoms with Crippen molar-refractivity contribution in [3.63, 3.8) is 0 Å². The predicted octanol–water partition coefficient (Wildman–Crippen LogP) is 5.40. The topological polar surface area (TPSA) is 73.5 Å². The summed E-state index contributed by atoms with van der Waals surface area (Å²) < 4.78 is 7.85. The molecular weight excluding hydrogens is 500 g/mol. The third kappa shape index (κ3) is 5.38. The number of aryl methyl sites for hydroxylation is 8. The maximum absolute atomic E-state index is 4.57. The summed E-state index contributed by atoms with van der Waals surface area (Å²) in [7, 11) is 7.90. The smallest absolute Gasteiger partial charge is 0.368 e. The molecule has 0 unspecified atom stereocenters. The first kappa shape index (κ1) is 27.2. The average Bonchev–Trinajstić information content (AvgIpc) is 3.43. The van der Waals surface area contributed by atoms with Crippen LogP contribution in [0.2, 0.25) is 0 Å². The summed E-state index contributed by atoms with van der Waals surface area (Å²) in [6.45, 7) is 12.4. The zero-order valence-corrected chi connectivity index (χ0v) is 24.9. The Labute approximate surface area is 236 Å². The standard InChI is InChI=1S/C30H40N10/c1-21-19-27(23(3)17-25(21)31-33-29-35(5)9-10-36(29)6)39-13-15-40(16-14-39)28-20-22(2)26(18-24(28)4)32-34-30-37(7)11-12-38(30)8/h9-12,17-20H,13-16H2,1-8H3/q+2. The van der Waals surface area contributed by atoms with E-state index in [1.807, 2.05) is 71.2 Å². The van der Waals surface area contributed by atoms with E-state index in [1.165, 1.54) is 22.5 Å². The highest BCUT2D eigenvalue weighted by Gasteiger charge is 2.22. The van der Waals surface area contributed by atoms with Crippen LogP contribution in [-0.2, 0) is 28.2 Å². The predicted molar refractivity (Wildman–Crippen MR) is 158 cm³/mol. The Hall–Kier alpha value is -4.34. The lowest BCUT2D eigenvalue weighted by molar-refractivity contribution is -0.657. The van der Waals surface area contributed by atoms with E-state index in [1.54, 1.807) is 0 Å². The minimum absolute atomic E-state index is 0.809. The SMILES string of the molecule is Cc1cc(N2CCN(c3cc(C)c(N=Nc4n(C)cc[n+]4C)cc3C)CC2)c(C)cc1N=Nc1n(C)cc[n+]1C. The summed E-state index contributed by atoms with van der Waals surface area (Å²) in [5.74, 6) is 1.62. The fraction of sp³-hybridized carbons (Fsp3) is 0.400. The van der Waals surface area contributed by atoms with Crippen LogP contribution in [-0.4, -0.2) is 35.3 Å². The zero-order chi connectivity index (χ0) is 28.6. The van der Waals surface area contributed by atoms with Gasteiger partial charge in [0.15, 0.2) is 0 Å². The summed E-state index contributed by atoms with van der Waals surface area (Å²) in [4.78, 5) is 4.98. The van der Waals surface area contributed by atoms with E-state index in [4.69, 9.17) is 0 Å². The summed E-state index contributed by atoms with van der Waals surface area (Å²) in [5.41, 5.74) is 9.06. The molecule has 10 nitrogen and oxygen atoms in total. The Morgan fingerprint density at radius 1 is 0.550 bits per heavy atom. The number of aromatic nitrogens is 4. The second-order valence-electron chi connectivity index (χ2n) is 10.9. The maximum atomic E-state index is 4.57. The summed E-state index contributed by atoms with van der Waals surface area (Å²) in [6.07, 6.45) is 7.90. The number of azo groups is 2. The number of benzene rings is 2. The maximum Gasteiger partial charge on any atom is 0.421 e. The van der Waals surface area contributed by atoms with Crippen LogP contribution >= 0.6 is 0 Å². The van der Waals surface area contributed by atoms with Gasteiger partial charge in [0.05, 0.1) is 53.0 Å². The number of hydrogen-bond donors (Lipinski definition) is 0. The summed E-state index contributed by atoms with van der Waals surface area (Å²) in [6, 6.07) is 8.82. The molecule has 208 valence electrons. The molecule has 2 aromatic heterocycles. The Morgan fingerprint density at radius 2 is 0.925 bits per heavy atom. The minimum atomic E-state index is 0.809. The highest BCUT2D eigenvalue weighted by Crippen LogP contribution is 2.33. The molecule has 0 aliphatic carbocycles. The number of piperazine rings is 1. The van der Waals surface area contributed by atoms with Gasteiger partial charge in [0, 0.05) is 47.8 Å². The molecule has 0 spiro atoms. The second kappa shape index (κ2) is 11.0. The van der Waals surface area contributed by atoms with Crippen LogP contribution in [0.5, 0.6) is 0 Å². The lowest BCUT2D eigenvalue weighted by atomic mass is 10.1. The van der Waals surface area contributed by atoms with E-state index in [9.17, 15) is 0 Å². The molecule has 5 rings (SSSR count). The Balaban J connectivity index is 1.28. The van der Waals surface area contributed by atoms with Crippen molar-refractivity contribution in [3.8, 4) is 0 Å². The van der Waals surface area contributed by atoms with Crippen LogP contribution in [0.15, 0.2) is 69.5 Å². The fourth-order valence-electron chi connectivity index (χ4n) is 5.30. The van der Waals surface area contributed by atoms with Crippen molar-refractivity contribution in [1.29, 1.82) is 0 Å². The van der Waals surface area contributed by atoms with Crippen LogP contribution in [0.1, 0.15) is 22.3 Å². The molecule has 0 N–H and O–H groups in total. The molecule has 1 aliphatic heterocycles. The first-order chi connectivity index (χ1) is 19.1. The molecule has 10 heteroatoms. The lowest BCUT2D eigenvalue weighted by Crippen LogP contribution is -2.47. The molecule has 0 atom stereocenters. The van der Waals surface area contributed by atoms with Crippen molar-refractivity contribution in [3.05, 3.63) is 71.3 Å².